The van der Waals surface area contributed by atoms with E-state index in [2.05, 4.69) is 20.6 Å². The van der Waals surface area contributed by atoms with E-state index in [1.165, 1.54) is 0 Å². The molecule has 20 heavy (non-hydrogen) atoms. The Balaban J connectivity index is 1.93. The van der Waals surface area contributed by atoms with Crippen LogP contribution in [0.25, 0.3) is 11.0 Å². The summed E-state index contributed by atoms with van der Waals surface area (Å²) in [6.45, 7) is 5.30. The van der Waals surface area contributed by atoms with Crippen LogP contribution in [0, 0.1) is 5.41 Å². The molecule has 0 saturated heterocycles. The SMILES string of the molecule is CC(C)(C)C(=O)NCC(=O)Nc1nc2ccccc2[nH]1. The van der Waals surface area contributed by atoms with Gasteiger partial charge in [-0.3, -0.25) is 14.9 Å². The molecule has 3 N–H and O–H groups in total. The number of hydrogen-bond acceptors (Lipinski definition) is 3. The smallest absolute Gasteiger partial charge is 0.246 e. The number of imidazole rings is 1. The van der Waals surface area contributed by atoms with Gasteiger partial charge in [0.1, 0.15) is 0 Å². The van der Waals surface area contributed by atoms with Crippen molar-refractivity contribution in [3.8, 4) is 0 Å². The number of para-hydroxylation sites is 2. The molecule has 106 valence electrons. The molecule has 6 heteroatoms. The van der Waals surface area contributed by atoms with E-state index in [1.54, 1.807) is 20.8 Å². The van der Waals surface area contributed by atoms with Crippen LogP contribution in [0.4, 0.5) is 5.95 Å². The number of fused-ring (bicyclic) bond motifs is 1. The number of aromatic nitrogens is 2. The lowest BCUT2D eigenvalue weighted by molar-refractivity contribution is -0.130. The van der Waals surface area contributed by atoms with Crippen LogP contribution in [0.1, 0.15) is 20.8 Å². The summed E-state index contributed by atoms with van der Waals surface area (Å²) in [6.07, 6.45) is 0. The van der Waals surface area contributed by atoms with E-state index in [1.807, 2.05) is 24.3 Å². The average molecular weight is 274 g/mol. The summed E-state index contributed by atoms with van der Waals surface area (Å²) in [7, 11) is 0. The summed E-state index contributed by atoms with van der Waals surface area (Å²) in [5, 5.41) is 5.20. The molecule has 1 heterocycles. The quantitative estimate of drug-likeness (QED) is 0.795. The van der Waals surface area contributed by atoms with E-state index in [0.717, 1.165) is 11.0 Å². The van der Waals surface area contributed by atoms with E-state index in [0.29, 0.717) is 5.95 Å². The molecule has 0 unspecified atom stereocenters. The molecular formula is C14H18N4O2. The van der Waals surface area contributed by atoms with Gasteiger partial charge in [0, 0.05) is 5.41 Å². The zero-order chi connectivity index (χ0) is 14.8. The molecule has 0 bridgehead atoms. The molecule has 1 aromatic carbocycles. The van der Waals surface area contributed by atoms with Crippen molar-refractivity contribution in [2.24, 2.45) is 5.41 Å². The normalized spacial score (nSPS) is 11.3. The lowest BCUT2D eigenvalue weighted by atomic mass is 9.96. The molecule has 0 saturated carbocycles. The van der Waals surface area contributed by atoms with Crippen LogP contribution in [0.5, 0.6) is 0 Å². The van der Waals surface area contributed by atoms with Crippen molar-refractivity contribution in [3.63, 3.8) is 0 Å². The Hall–Kier alpha value is -2.37. The van der Waals surface area contributed by atoms with E-state index in [4.69, 9.17) is 0 Å². The summed E-state index contributed by atoms with van der Waals surface area (Å²) in [4.78, 5) is 30.6. The summed E-state index contributed by atoms with van der Waals surface area (Å²) < 4.78 is 0. The van der Waals surface area contributed by atoms with Crippen molar-refractivity contribution in [3.05, 3.63) is 24.3 Å². The van der Waals surface area contributed by atoms with Gasteiger partial charge in [0.15, 0.2) is 0 Å². The molecule has 2 rings (SSSR count). The summed E-state index contributed by atoms with van der Waals surface area (Å²) >= 11 is 0. The fourth-order valence-corrected chi connectivity index (χ4v) is 1.61. The number of amides is 2. The third-order valence-corrected chi connectivity index (χ3v) is 2.74. The zero-order valence-electron chi connectivity index (χ0n) is 11.8. The van der Waals surface area contributed by atoms with Crippen molar-refractivity contribution in [1.29, 1.82) is 0 Å². The van der Waals surface area contributed by atoms with Gasteiger partial charge in [-0.2, -0.15) is 0 Å². The second-order valence-electron chi connectivity index (χ2n) is 5.58. The number of aromatic amines is 1. The van der Waals surface area contributed by atoms with E-state index in [9.17, 15) is 9.59 Å². The second-order valence-corrected chi connectivity index (χ2v) is 5.58. The first-order valence-electron chi connectivity index (χ1n) is 6.39. The van der Waals surface area contributed by atoms with Crippen LogP contribution in [0.3, 0.4) is 0 Å². The molecule has 2 aromatic rings. The zero-order valence-corrected chi connectivity index (χ0v) is 11.8. The first kappa shape index (κ1) is 14.0. The Labute approximate surface area is 117 Å². The number of benzene rings is 1. The number of nitrogens with zero attached hydrogens (tertiary/aromatic N) is 1. The summed E-state index contributed by atoms with van der Waals surface area (Å²) in [5.74, 6) is -0.111. The number of nitrogens with one attached hydrogen (secondary N) is 3. The minimum atomic E-state index is -0.514. The molecule has 0 fully saturated rings. The van der Waals surface area contributed by atoms with Crippen molar-refractivity contribution < 1.29 is 9.59 Å². The maximum absolute atomic E-state index is 11.7. The highest BCUT2D eigenvalue weighted by atomic mass is 16.2. The molecule has 1 aromatic heterocycles. The molecule has 0 aliphatic heterocycles. The molecule has 0 aliphatic carbocycles. The molecule has 2 amide bonds. The van der Waals surface area contributed by atoms with E-state index < -0.39 is 5.41 Å². The molecular weight excluding hydrogens is 256 g/mol. The van der Waals surface area contributed by atoms with Gasteiger partial charge in [-0.25, -0.2) is 4.98 Å². The average Bonchev–Trinajstić information content (AvgIpc) is 2.76. The van der Waals surface area contributed by atoms with Crippen LogP contribution in [-0.4, -0.2) is 28.3 Å². The van der Waals surface area contributed by atoms with Crippen molar-refractivity contribution in [2.45, 2.75) is 20.8 Å². The van der Waals surface area contributed by atoms with E-state index in [-0.39, 0.29) is 18.4 Å². The lowest BCUT2D eigenvalue weighted by Crippen LogP contribution is -2.39. The number of anilines is 1. The fourth-order valence-electron chi connectivity index (χ4n) is 1.61. The highest BCUT2D eigenvalue weighted by molar-refractivity contribution is 5.95. The first-order valence-corrected chi connectivity index (χ1v) is 6.39. The van der Waals surface area contributed by atoms with Crippen LogP contribution in [0.2, 0.25) is 0 Å². The van der Waals surface area contributed by atoms with Gasteiger partial charge >= 0.3 is 0 Å². The Morgan fingerprint density at radius 2 is 1.95 bits per heavy atom. The predicted molar refractivity (Wildman–Crippen MR) is 77.2 cm³/mol. The number of hydrogen-bond donors (Lipinski definition) is 3. The lowest BCUT2D eigenvalue weighted by Gasteiger charge is -2.17. The van der Waals surface area contributed by atoms with E-state index >= 15 is 0 Å². The second kappa shape index (κ2) is 5.32. The van der Waals surface area contributed by atoms with Gasteiger partial charge in [-0.1, -0.05) is 32.9 Å². The van der Waals surface area contributed by atoms with Crippen molar-refractivity contribution in [2.75, 3.05) is 11.9 Å². The molecule has 6 nitrogen and oxygen atoms in total. The van der Waals surface area contributed by atoms with Gasteiger partial charge in [-0.05, 0) is 12.1 Å². The van der Waals surface area contributed by atoms with Crippen LogP contribution in [0.15, 0.2) is 24.3 Å². The molecule has 0 atom stereocenters. The molecule has 0 spiro atoms. The number of carbonyl (C=O) groups excluding carboxylic acids is 2. The minimum absolute atomic E-state index is 0.0762. The maximum atomic E-state index is 11.7. The standard InChI is InChI=1S/C14H18N4O2/c1-14(2,3)12(20)15-8-11(19)18-13-16-9-6-4-5-7-10(9)17-13/h4-7H,8H2,1-3H3,(H,15,20)(H2,16,17,18,19). The van der Waals surface area contributed by atoms with Crippen molar-refractivity contribution in [1.82, 2.24) is 15.3 Å². The number of carbonyl (C=O) groups is 2. The molecule has 0 radical (unpaired) electrons. The van der Waals surface area contributed by atoms with Crippen LogP contribution in [-0.2, 0) is 9.59 Å². The third-order valence-electron chi connectivity index (χ3n) is 2.74. The Kier molecular flexibility index (Phi) is 3.74. The van der Waals surface area contributed by atoms with Crippen molar-refractivity contribution >= 4 is 28.8 Å². The van der Waals surface area contributed by atoms with Crippen LogP contribution >= 0.6 is 0 Å². The first-order chi connectivity index (χ1) is 9.36. The fraction of sp³-hybridized carbons (Fsp3) is 0.357. The monoisotopic (exact) mass is 274 g/mol. The topological polar surface area (TPSA) is 86.9 Å². The minimum Gasteiger partial charge on any atom is -0.347 e. The van der Waals surface area contributed by atoms with Gasteiger partial charge in [0.2, 0.25) is 17.8 Å². The Morgan fingerprint density at radius 1 is 1.25 bits per heavy atom. The third kappa shape index (κ3) is 3.34. The highest BCUT2D eigenvalue weighted by Crippen LogP contribution is 2.13. The maximum Gasteiger partial charge on any atom is 0.246 e. The largest absolute Gasteiger partial charge is 0.347 e. The van der Waals surface area contributed by atoms with Gasteiger partial charge in [-0.15, -0.1) is 0 Å². The number of H-pyrrole nitrogens is 1. The summed E-state index contributed by atoms with van der Waals surface area (Å²) in [5.41, 5.74) is 1.11. The Bertz CT molecular complexity index is 607. The van der Waals surface area contributed by atoms with Gasteiger partial charge < -0.3 is 10.3 Å². The van der Waals surface area contributed by atoms with Gasteiger partial charge in [0.05, 0.1) is 17.6 Å². The highest BCUT2D eigenvalue weighted by Gasteiger charge is 2.21. The summed E-state index contributed by atoms with van der Waals surface area (Å²) in [6, 6.07) is 7.48. The van der Waals surface area contributed by atoms with Gasteiger partial charge in [0.25, 0.3) is 0 Å². The molecule has 0 aliphatic rings. The Morgan fingerprint density at radius 3 is 2.60 bits per heavy atom. The number of rotatable bonds is 3. The predicted octanol–water partition coefficient (Wildman–Crippen LogP) is 1.66. The van der Waals surface area contributed by atoms with Crippen LogP contribution < -0.4 is 10.6 Å².